The number of thiazole rings is 1. The molecule has 1 fully saturated rings. The van der Waals surface area contributed by atoms with Gasteiger partial charge in [0.15, 0.2) is 11.4 Å². The number of carbonyl (C=O) groups is 1. The smallest absolute Gasteiger partial charge is 0.348 e. The van der Waals surface area contributed by atoms with Crippen molar-refractivity contribution in [2.75, 3.05) is 18.0 Å². The average Bonchev–Trinajstić information content (AvgIpc) is 2.81. The van der Waals surface area contributed by atoms with E-state index in [4.69, 9.17) is 0 Å². The van der Waals surface area contributed by atoms with E-state index in [0.29, 0.717) is 23.1 Å². The molecule has 0 N–H and O–H groups in total. The maximum Gasteiger partial charge on any atom is 0.391 e. The number of nitrogens with zero attached hydrogens (tertiary/aromatic N) is 2. The van der Waals surface area contributed by atoms with Crippen LogP contribution in [0.4, 0.5) is 18.3 Å². The molecular formula is C13H17F3N2OS. The summed E-state index contributed by atoms with van der Waals surface area (Å²) in [6.07, 6.45) is -1.50. The number of hydrogen-bond donors (Lipinski definition) is 0. The monoisotopic (exact) mass is 306 g/mol. The summed E-state index contributed by atoms with van der Waals surface area (Å²) in [6.45, 7) is 2.70. The third-order valence-corrected chi connectivity index (χ3v) is 4.62. The van der Waals surface area contributed by atoms with E-state index in [1.54, 1.807) is 0 Å². The van der Waals surface area contributed by atoms with Crippen LogP contribution in [-0.2, 0) is 6.42 Å². The Morgan fingerprint density at radius 1 is 1.40 bits per heavy atom. The predicted octanol–water partition coefficient (Wildman–Crippen LogP) is 3.69. The van der Waals surface area contributed by atoms with Crippen LogP contribution in [0.15, 0.2) is 0 Å². The first-order valence-electron chi connectivity index (χ1n) is 6.72. The van der Waals surface area contributed by atoms with E-state index in [0.717, 1.165) is 24.8 Å². The minimum absolute atomic E-state index is 0.0998. The number of hydrogen-bond acceptors (Lipinski definition) is 4. The highest BCUT2D eigenvalue weighted by molar-refractivity contribution is 7.17. The summed E-state index contributed by atoms with van der Waals surface area (Å²) in [5.74, 6) is -1.21. The van der Waals surface area contributed by atoms with Gasteiger partial charge in [-0.05, 0) is 19.3 Å². The number of alkyl halides is 3. The van der Waals surface area contributed by atoms with Gasteiger partial charge in [0.2, 0.25) is 0 Å². The summed E-state index contributed by atoms with van der Waals surface area (Å²) >= 11 is 1.28. The maximum absolute atomic E-state index is 12.6. The molecule has 2 rings (SSSR count). The van der Waals surface area contributed by atoms with Crippen molar-refractivity contribution >= 4 is 22.8 Å². The van der Waals surface area contributed by atoms with E-state index in [9.17, 15) is 18.0 Å². The highest BCUT2D eigenvalue weighted by Crippen LogP contribution is 2.36. The summed E-state index contributed by atoms with van der Waals surface area (Å²) in [6, 6.07) is 0. The van der Waals surface area contributed by atoms with Gasteiger partial charge < -0.3 is 4.90 Å². The lowest BCUT2D eigenvalue weighted by Crippen LogP contribution is -2.38. The molecule has 0 atom stereocenters. The lowest BCUT2D eigenvalue weighted by atomic mass is 9.97. The number of carbonyl (C=O) groups excluding carboxylic acids is 1. The summed E-state index contributed by atoms with van der Waals surface area (Å²) in [5.41, 5.74) is 0.764. The lowest BCUT2D eigenvalue weighted by Gasteiger charge is -2.32. The average molecular weight is 306 g/mol. The van der Waals surface area contributed by atoms with Gasteiger partial charge in [0.25, 0.3) is 0 Å². The summed E-state index contributed by atoms with van der Waals surface area (Å²) in [5, 5.41) is 0.677. The van der Waals surface area contributed by atoms with Crippen LogP contribution in [0.5, 0.6) is 0 Å². The molecule has 0 aromatic carbocycles. The molecule has 1 aliphatic rings. The fourth-order valence-corrected chi connectivity index (χ4v) is 3.37. The molecule has 1 aliphatic heterocycles. The zero-order chi connectivity index (χ0) is 14.8. The number of anilines is 1. The molecule has 0 bridgehead atoms. The minimum Gasteiger partial charge on any atom is -0.348 e. The Morgan fingerprint density at radius 2 is 2.05 bits per heavy atom. The van der Waals surface area contributed by atoms with Crippen molar-refractivity contribution in [3.8, 4) is 0 Å². The van der Waals surface area contributed by atoms with E-state index in [1.807, 2.05) is 11.8 Å². The fourth-order valence-electron chi connectivity index (χ4n) is 2.39. The van der Waals surface area contributed by atoms with Crippen molar-refractivity contribution in [2.45, 2.75) is 38.8 Å². The molecule has 0 radical (unpaired) electrons. The second-order valence-corrected chi connectivity index (χ2v) is 5.99. The van der Waals surface area contributed by atoms with Crippen LogP contribution in [0.2, 0.25) is 0 Å². The molecular weight excluding hydrogens is 289 g/mol. The Balaban J connectivity index is 2.05. The molecule has 0 saturated carbocycles. The van der Waals surface area contributed by atoms with Crippen molar-refractivity contribution in [2.24, 2.45) is 5.92 Å². The molecule has 20 heavy (non-hydrogen) atoms. The van der Waals surface area contributed by atoms with Crippen molar-refractivity contribution in [1.29, 1.82) is 0 Å². The molecule has 1 aromatic rings. The number of aldehydes is 1. The Labute approximate surface area is 119 Å². The van der Waals surface area contributed by atoms with Crippen molar-refractivity contribution in [3.05, 3.63) is 10.6 Å². The van der Waals surface area contributed by atoms with Crippen LogP contribution in [0.3, 0.4) is 0 Å². The van der Waals surface area contributed by atoms with E-state index in [2.05, 4.69) is 4.98 Å². The summed E-state index contributed by atoms with van der Waals surface area (Å²) < 4.78 is 37.8. The Morgan fingerprint density at radius 3 is 2.55 bits per heavy atom. The van der Waals surface area contributed by atoms with Crippen LogP contribution in [0.1, 0.15) is 41.6 Å². The predicted molar refractivity (Wildman–Crippen MR) is 72.5 cm³/mol. The SMILES string of the molecule is CCCc1nc(N2CCC(C(F)(F)F)CC2)sc1C=O. The molecule has 1 aromatic heterocycles. The highest BCUT2D eigenvalue weighted by atomic mass is 32.1. The molecule has 1 saturated heterocycles. The molecule has 2 heterocycles. The number of aryl methyl sites for hydroxylation is 1. The van der Waals surface area contributed by atoms with Crippen LogP contribution in [0, 0.1) is 5.92 Å². The normalized spacial score (nSPS) is 17.5. The molecule has 112 valence electrons. The first kappa shape index (κ1) is 15.3. The molecule has 0 amide bonds. The third-order valence-electron chi connectivity index (χ3n) is 3.54. The largest absolute Gasteiger partial charge is 0.391 e. The Hall–Kier alpha value is -1.11. The second-order valence-electron chi connectivity index (χ2n) is 4.98. The van der Waals surface area contributed by atoms with E-state index in [1.165, 1.54) is 11.3 Å². The van der Waals surface area contributed by atoms with Crippen molar-refractivity contribution in [3.63, 3.8) is 0 Å². The van der Waals surface area contributed by atoms with Gasteiger partial charge in [-0.1, -0.05) is 24.7 Å². The summed E-state index contributed by atoms with van der Waals surface area (Å²) in [4.78, 5) is 17.9. The van der Waals surface area contributed by atoms with Gasteiger partial charge in [-0.25, -0.2) is 4.98 Å². The Kier molecular flexibility index (Phi) is 4.67. The van der Waals surface area contributed by atoms with Crippen LogP contribution >= 0.6 is 11.3 Å². The van der Waals surface area contributed by atoms with E-state index in [-0.39, 0.29) is 12.8 Å². The third kappa shape index (κ3) is 3.31. The standard InChI is InChI=1S/C13H17F3N2OS/c1-2-3-10-11(8-19)20-12(17-10)18-6-4-9(5-7-18)13(14,15)16/h8-9H,2-7H2,1H3. The molecule has 0 aliphatic carbocycles. The van der Waals surface area contributed by atoms with Crippen molar-refractivity contribution in [1.82, 2.24) is 4.98 Å². The molecule has 0 unspecified atom stereocenters. The minimum atomic E-state index is -4.10. The maximum atomic E-state index is 12.6. The topological polar surface area (TPSA) is 33.2 Å². The van der Waals surface area contributed by atoms with Crippen LogP contribution < -0.4 is 4.90 Å². The van der Waals surface area contributed by atoms with E-state index < -0.39 is 12.1 Å². The number of halogens is 3. The zero-order valence-corrected chi connectivity index (χ0v) is 12.1. The Bertz CT molecular complexity index is 465. The number of aromatic nitrogens is 1. The zero-order valence-electron chi connectivity index (χ0n) is 11.2. The summed E-state index contributed by atoms with van der Waals surface area (Å²) in [7, 11) is 0. The van der Waals surface area contributed by atoms with Gasteiger partial charge in [-0.3, -0.25) is 4.79 Å². The van der Waals surface area contributed by atoms with Gasteiger partial charge in [0, 0.05) is 13.1 Å². The van der Waals surface area contributed by atoms with Crippen LogP contribution in [0.25, 0.3) is 0 Å². The van der Waals surface area contributed by atoms with Crippen LogP contribution in [-0.4, -0.2) is 30.5 Å². The highest BCUT2D eigenvalue weighted by Gasteiger charge is 2.41. The molecule has 3 nitrogen and oxygen atoms in total. The van der Waals surface area contributed by atoms with Crippen molar-refractivity contribution < 1.29 is 18.0 Å². The fraction of sp³-hybridized carbons (Fsp3) is 0.692. The quantitative estimate of drug-likeness (QED) is 0.796. The van der Waals surface area contributed by atoms with Gasteiger partial charge in [-0.2, -0.15) is 13.2 Å². The number of rotatable bonds is 4. The van der Waals surface area contributed by atoms with Gasteiger partial charge in [-0.15, -0.1) is 0 Å². The van der Waals surface area contributed by atoms with E-state index >= 15 is 0 Å². The van der Waals surface area contributed by atoms with Gasteiger partial charge >= 0.3 is 6.18 Å². The number of piperidine rings is 1. The molecule has 7 heteroatoms. The first-order chi connectivity index (χ1) is 9.45. The molecule has 0 spiro atoms. The van der Waals surface area contributed by atoms with Gasteiger partial charge in [0.05, 0.1) is 16.5 Å². The lowest BCUT2D eigenvalue weighted by molar-refractivity contribution is -0.179. The van der Waals surface area contributed by atoms with Gasteiger partial charge in [0.1, 0.15) is 0 Å². The first-order valence-corrected chi connectivity index (χ1v) is 7.54. The second kappa shape index (κ2) is 6.11.